The van der Waals surface area contributed by atoms with Crippen molar-refractivity contribution in [1.29, 1.82) is 0 Å². The average Bonchev–Trinajstić information content (AvgIpc) is 3.06. The zero-order valence-electron chi connectivity index (χ0n) is 11.7. The Morgan fingerprint density at radius 2 is 2.20 bits per heavy atom. The predicted octanol–water partition coefficient (Wildman–Crippen LogP) is 3.77. The van der Waals surface area contributed by atoms with Crippen molar-refractivity contribution in [1.82, 2.24) is 9.55 Å². The molecule has 0 aliphatic heterocycles. The summed E-state index contributed by atoms with van der Waals surface area (Å²) in [4.78, 5) is 4.53. The van der Waals surface area contributed by atoms with E-state index in [4.69, 9.17) is 16.3 Å². The summed E-state index contributed by atoms with van der Waals surface area (Å²) in [5.74, 6) is 1.33. The number of nitrogens with zero attached hydrogens (tertiary/aromatic N) is 2. The maximum Gasteiger partial charge on any atom is 0.167 e. The van der Waals surface area contributed by atoms with E-state index >= 15 is 0 Å². The van der Waals surface area contributed by atoms with Gasteiger partial charge in [0.15, 0.2) is 11.6 Å². The Hall–Kier alpha value is -1.29. The minimum Gasteiger partial charge on any atom is -0.494 e. The summed E-state index contributed by atoms with van der Waals surface area (Å²) in [6, 6.07) is 3.18. The van der Waals surface area contributed by atoms with Gasteiger partial charge in [-0.25, -0.2) is 9.37 Å². The standard InChI is InChI=1S/C15H18ClFN2O/c1-15(4-5-15)9-19-12-8-13(20-2)10(17)7-11(12)18-14(19)3-6-16/h7-8H,3-6,9H2,1-2H3. The van der Waals surface area contributed by atoms with Crippen LogP contribution < -0.4 is 4.74 Å². The summed E-state index contributed by atoms with van der Waals surface area (Å²) in [6.07, 6.45) is 3.15. The minimum atomic E-state index is -0.375. The fraction of sp³-hybridized carbons (Fsp3) is 0.533. The van der Waals surface area contributed by atoms with Crippen molar-refractivity contribution in [2.75, 3.05) is 13.0 Å². The third-order valence-corrected chi connectivity index (χ3v) is 4.25. The van der Waals surface area contributed by atoms with E-state index in [-0.39, 0.29) is 11.6 Å². The van der Waals surface area contributed by atoms with Gasteiger partial charge in [0, 0.05) is 31.0 Å². The largest absolute Gasteiger partial charge is 0.494 e. The van der Waals surface area contributed by atoms with Gasteiger partial charge in [-0.2, -0.15) is 0 Å². The van der Waals surface area contributed by atoms with E-state index in [1.807, 2.05) is 0 Å². The van der Waals surface area contributed by atoms with Crippen LogP contribution in [-0.2, 0) is 13.0 Å². The molecule has 0 unspecified atom stereocenters. The lowest BCUT2D eigenvalue weighted by Gasteiger charge is -2.14. The van der Waals surface area contributed by atoms with Crippen molar-refractivity contribution in [2.24, 2.45) is 5.41 Å². The van der Waals surface area contributed by atoms with E-state index in [1.54, 1.807) is 6.07 Å². The molecule has 0 N–H and O–H groups in total. The Kier molecular flexibility index (Phi) is 3.36. The first-order valence-electron chi connectivity index (χ1n) is 6.85. The van der Waals surface area contributed by atoms with Gasteiger partial charge in [0.1, 0.15) is 5.82 Å². The molecular formula is C15H18ClFN2O. The summed E-state index contributed by atoms with van der Waals surface area (Å²) >= 11 is 5.86. The molecule has 0 amide bonds. The molecule has 1 aliphatic rings. The molecule has 0 saturated heterocycles. The van der Waals surface area contributed by atoms with Gasteiger partial charge in [-0.1, -0.05) is 6.92 Å². The lowest BCUT2D eigenvalue weighted by Crippen LogP contribution is -2.11. The van der Waals surface area contributed by atoms with Crippen LogP contribution >= 0.6 is 11.6 Å². The summed E-state index contributed by atoms with van der Waals surface area (Å²) in [7, 11) is 1.48. The first-order chi connectivity index (χ1) is 9.56. The molecule has 1 aliphatic carbocycles. The fourth-order valence-corrected chi connectivity index (χ4v) is 2.71. The highest BCUT2D eigenvalue weighted by Gasteiger charge is 2.38. The number of imidazole rings is 1. The highest BCUT2D eigenvalue weighted by Crippen LogP contribution is 2.47. The lowest BCUT2D eigenvalue weighted by atomic mass is 10.1. The number of halogens is 2. The molecule has 0 atom stereocenters. The molecule has 1 aromatic heterocycles. The van der Waals surface area contributed by atoms with E-state index in [0.29, 0.717) is 23.2 Å². The summed E-state index contributed by atoms with van der Waals surface area (Å²) in [6.45, 7) is 3.18. The van der Waals surface area contributed by atoms with Crippen molar-refractivity contribution in [3.8, 4) is 5.75 Å². The number of aryl methyl sites for hydroxylation is 1. The first-order valence-corrected chi connectivity index (χ1v) is 7.38. The van der Waals surface area contributed by atoms with Crippen LogP contribution in [0.1, 0.15) is 25.6 Å². The van der Waals surface area contributed by atoms with Gasteiger partial charge in [-0.05, 0) is 18.3 Å². The van der Waals surface area contributed by atoms with Crippen molar-refractivity contribution >= 4 is 22.6 Å². The lowest BCUT2D eigenvalue weighted by molar-refractivity contribution is 0.387. The number of hydrogen-bond acceptors (Lipinski definition) is 2. The SMILES string of the molecule is COc1cc2c(cc1F)nc(CCCl)n2CC1(C)CC1. The number of rotatable bonds is 5. The third kappa shape index (κ3) is 2.37. The number of hydrogen-bond donors (Lipinski definition) is 0. The molecule has 108 valence electrons. The second-order valence-electron chi connectivity index (χ2n) is 5.84. The molecule has 1 aromatic carbocycles. The topological polar surface area (TPSA) is 27.1 Å². The molecule has 1 saturated carbocycles. The van der Waals surface area contributed by atoms with Crippen LogP contribution in [0.2, 0.25) is 0 Å². The van der Waals surface area contributed by atoms with Gasteiger partial charge in [-0.15, -0.1) is 11.6 Å². The smallest absolute Gasteiger partial charge is 0.167 e. The molecule has 1 heterocycles. The Morgan fingerprint density at radius 1 is 1.45 bits per heavy atom. The number of alkyl halides is 1. The zero-order chi connectivity index (χ0) is 14.3. The Balaban J connectivity index is 2.13. The van der Waals surface area contributed by atoms with Crippen LogP contribution in [0, 0.1) is 11.2 Å². The van der Waals surface area contributed by atoms with E-state index in [1.165, 1.54) is 26.0 Å². The van der Waals surface area contributed by atoms with Crippen LogP contribution in [0.5, 0.6) is 5.75 Å². The van der Waals surface area contributed by atoms with Crippen molar-refractivity contribution in [3.05, 3.63) is 23.8 Å². The molecular weight excluding hydrogens is 279 g/mol. The zero-order valence-corrected chi connectivity index (χ0v) is 12.5. The maximum absolute atomic E-state index is 13.8. The van der Waals surface area contributed by atoms with Gasteiger partial charge >= 0.3 is 0 Å². The third-order valence-electron chi connectivity index (χ3n) is 4.06. The highest BCUT2D eigenvalue weighted by molar-refractivity contribution is 6.17. The number of benzene rings is 1. The van der Waals surface area contributed by atoms with Crippen LogP contribution in [0.25, 0.3) is 11.0 Å². The van der Waals surface area contributed by atoms with E-state index in [0.717, 1.165) is 17.9 Å². The summed E-state index contributed by atoms with van der Waals surface area (Å²) in [5, 5.41) is 0. The fourth-order valence-electron chi connectivity index (χ4n) is 2.54. The van der Waals surface area contributed by atoms with Crippen LogP contribution in [0.4, 0.5) is 4.39 Å². The molecule has 3 nitrogen and oxygen atoms in total. The van der Waals surface area contributed by atoms with Crippen LogP contribution in [0.3, 0.4) is 0 Å². The average molecular weight is 297 g/mol. The first kappa shape index (κ1) is 13.7. The number of methoxy groups -OCH3 is 1. The number of fused-ring (bicyclic) bond motifs is 1. The number of ether oxygens (including phenoxy) is 1. The van der Waals surface area contributed by atoms with Gasteiger partial charge < -0.3 is 9.30 Å². The van der Waals surface area contributed by atoms with Gasteiger partial charge in [0.2, 0.25) is 0 Å². The minimum absolute atomic E-state index is 0.261. The van der Waals surface area contributed by atoms with Crippen LogP contribution in [0.15, 0.2) is 12.1 Å². The Bertz CT molecular complexity index is 649. The predicted molar refractivity (Wildman–Crippen MR) is 78.0 cm³/mol. The Morgan fingerprint density at radius 3 is 2.80 bits per heavy atom. The Labute approximate surface area is 122 Å². The highest BCUT2D eigenvalue weighted by atomic mass is 35.5. The van der Waals surface area contributed by atoms with Crippen molar-refractivity contribution in [2.45, 2.75) is 32.7 Å². The molecule has 1 fully saturated rings. The molecule has 0 radical (unpaired) electrons. The second-order valence-corrected chi connectivity index (χ2v) is 6.22. The molecule has 3 rings (SSSR count). The van der Waals surface area contributed by atoms with E-state index in [2.05, 4.69) is 16.5 Å². The summed E-state index contributed by atoms with van der Waals surface area (Å²) in [5.41, 5.74) is 1.94. The molecule has 20 heavy (non-hydrogen) atoms. The van der Waals surface area contributed by atoms with Gasteiger partial charge in [0.05, 0.1) is 18.1 Å². The second kappa shape index (κ2) is 4.92. The van der Waals surface area contributed by atoms with Gasteiger partial charge in [-0.3, -0.25) is 0 Å². The monoisotopic (exact) mass is 296 g/mol. The van der Waals surface area contributed by atoms with E-state index < -0.39 is 0 Å². The molecule has 0 spiro atoms. The molecule has 2 aromatic rings. The van der Waals surface area contributed by atoms with Crippen molar-refractivity contribution < 1.29 is 9.13 Å². The maximum atomic E-state index is 13.8. The van der Waals surface area contributed by atoms with Crippen LogP contribution in [-0.4, -0.2) is 22.5 Å². The molecule has 5 heteroatoms. The van der Waals surface area contributed by atoms with E-state index in [9.17, 15) is 4.39 Å². The number of aromatic nitrogens is 2. The normalized spacial score (nSPS) is 16.6. The quantitative estimate of drug-likeness (QED) is 0.786. The van der Waals surface area contributed by atoms with Crippen molar-refractivity contribution in [3.63, 3.8) is 0 Å². The molecule has 0 bridgehead atoms. The van der Waals surface area contributed by atoms with Gasteiger partial charge in [0.25, 0.3) is 0 Å². The summed E-state index contributed by atoms with van der Waals surface area (Å²) < 4.78 is 21.1.